The third-order valence-electron chi connectivity index (χ3n) is 5.04. The first-order valence-electron chi connectivity index (χ1n) is 9.35. The highest BCUT2D eigenvalue weighted by atomic mass is 16.5. The van der Waals surface area contributed by atoms with Gasteiger partial charge in [0.2, 0.25) is 0 Å². The van der Waals surface area contributed by atoms with Gasteiger partial charge < -0.3 is 19.0 Å². The smallest absolute Gasteiger partial charge is 0.287 e. The summed E-state index contributed by atoms with van der Waals surface area (Å²) in [6, 6.07) is 13.6. The molecule has 0 spiro atoms. The lowest BCUT2D eigenvalue weighted by Crippen LogP contribution is -2.25. The van der Waals surface area contributed by atoms with Crippen LogP contribution in [0.4, 0.5) is 0 Å². The van der Waals surface area contributed by atoms with Crippen LogP contribution in [0.1, 0.15) is 28.4 Å². The number of amides is 1. The van der Waals surface area contributed by atoms with Crippen LogP contribution in [0, 0.1) is 13.8 Å². The Morgan fingerprint density at radius 2 is 2.04 bits per heavy atom. The molecule has 0 fully saturated rings. The molecule has 0 radical (unpaired) electrons. The van der Waals surface area contributed by atoms with Gasteiger partial charge in [0.15, 0.2) is 5.76 Å². The molecule has 0 saturated heterocycles. The van der Waals surface area contributed by atoms with E-state index >= 15 is 0 Å². The van der Waals surface area contributed by atoms with Gasteiger partial charge in [0.05, 0.1) is 18.1 Å². The zero-order valence-electron chi connectivity index (χ0n) is 16.3. The van der Waals surface area contributed by atoms with Gasteiger partial charge in [-0.3, -0.25) is 4.79 Å². The Morgan fingerprint density at radius 1 is 1.21 bits per heavy atom. The number of rotatable bonds is 6. The summed E-state index contributed by atoms with van der Waals surface area (Å²) in [5, 5.41) is 3.86. The predicted octanol–water partition coefficient (Wildman–Crippen LogP) is 4.23. The van der Waals surface area contributed by atoms with Gasteiger partial charge >= 0.3 is 0 Å². The number of benzene rings is 2. The molecule has 0 saturated carbocycles. The maximum atomic E-state index is 12.6. The first kappa shape index (κ1) is 18.1. The molecule has 0 aliphatic carbocycles. The number of para-hydroxylation sites is 2. The van der Waals surface area contributed by atoms with E-state index in [4.69, 9.17) is 9.15 Å². The number of furan rings is 1. The number of carbonyl (C=O) groups excluding carboxylic acids is 1. The highest BCUT2D eigenvalue weighted by Gasteiger charge is 2.17. The lowest BCUT2D eigenvalue weighted by atomic mass is 10.1. The molecule has 6 nitrogen and oxygen atoms in total. The number of hydrogen-bond acceptors (Lipinski definition) is 4. The minimum atomic E-state index is -0.195. The first-order chi connectivity index (χ1) is 13.6. The first-order valence-corrected chi connectivity index (χ1v) is 9.35. The van der Waals surface area contributed by atoms with Crippen molar-refractivity contribution in [1.82, 2.24) is 14.9 Å². The fraction of sp³-hybridized carbons (Fsp3) is 0.273. The number of fused-ring (bicyclic) bond motifs is 2. The second kappa shape index (κ2) is 7.38. The van der Waals surface area contributed by atoms with Gasteiger partial charge in [0.25, 0.3) is 5.91 Å². The van der Waals surface area contributed by atoms with Crippen molar-refractivity contribution in [2.75, 3.05) is 13.7 Å². The Balaban J connectivity index is 1.41. The second-order valence-electron chi connectivity index (χ2n) is 6.83. The van der Waals surface area contributed by atoms with Crippen molar-refractivity contribution in [3.05, 3.63) is 59.6 Å². The molecule has 0 atom stereocenters. The van der Waals surface area contributed by atoms with Crippen LogP contribution < -0.4 is 10.1 Å². The maximum absolute atomic E-state index is 12.6. The van der Waals surface area contributed by atoms with Crippen LogP contribution in [0.25, 0.3) is 22.0 Å². The molecule has 6 heteroatoms. The second-order valence-corrected chi connectivity index (χ2v) is 6.83. The van der Waals surface area contributed by atoms with E-state index in [0.29, 0.717) is 17.9 Å². The predicted molar refractivity (Wildman–Crippen MR) is 109 cm³/mol. The normalized spacial score (nSPS) is 11.2. The standard InChI is InChI=1S/C22H23N3O3/c1-14-17-13-16(27-3)9-10-20(17)28-21(14)22(26)23-11-6-12-25-15(2)24-18-7-4-5-8-19(18)25/h4-5,7-10,13H,6,11-12H2,1-3H3,(H,23,26). The molecule has 0 unspecified atom stereocenters. The van der Waals surface area contributed by atoms with Gasteiger partial charge in [0, 0.05) is 24.0 Å². The lowest BCUT2D eigenvalue weighted by molar-refractivity contribution is 0.0926. The number of hydrogen-bond donors (Lipinski definition) is 1. The Kier molecular flexibility index (Phi) is 4.77. The molecule has 1 N–H and O–H groups in total. The summed E-state index contributed by atoms with van der Waals surface area (Å²) in [5.74, 6) is 1.88. The van der Waals surface area contributed by atoms with Crippen molar-refractivity contribution in [1.29, 1.82) is 0 Å². The lowest BCUT2D eigenvalue weighted by Gasteiger charge is -2.08. The number of nitrogens with zero attached hydrogens (tertiary/aromatic N) is 2. The van der Waals surface area contributed by atoms with Crippen LogP contribution >= 0.6 is 0 Å². The number of aryl methyl sites for hydroxylation is 3. The van der Waals surface area contributed by atoms with E-state index in [2.05, 4.69) is 20.9 Å². The minimum absolute atomic E-state index is 0.195. The number of nitrogens with one attached hydrogen (secondary N) is 1. The molecule has 2 aromatic heterocycles. The summed E-state index contributed by atoms with van der Waals surface area (Å²) in [4.78, 5) is 17.1. The van der Waals surface area contributed by atoms with E-state index in [1.807, 2.05) is 50.2 Å². The molecule has 1 amide bonds. The average Bonchev–Trinajstić information content (AvgIpc) is 3.21. The van der Waals surface area contributed by atoms with E-state index in [-0.39, 0.29) is 5.91 Å². The number of imidazole rings is 1. The maximum Gasteiger partial charge on any atom is 0.287 e. The fourth-order valence-corrected chi connectivity index (χ4v) is 3.54. The van der Waals surface area contributed by atoms with Crippen molar-refractivity contribution < 1.29 is 13.9 Å². The van der Waals surface area contributed by atoms with Gasteiger partial charge in [-0.2, -0.15) is 0 Å². The zero-order chi connectivity index (χ0) is 19.7. The van der Waals surface area contributed by atoms with Gasteiger partial charge in [-0.1, -0.05) is 12.1 Å². The Hall–Kier alpha value is -3.28. The topological polar surface area (TPSA) is 69.3 Å². The van der Waals surface area contributed by atoms with Crippen molar-refractivity contribution in [3.8, 4) is 5.75 Å². The molecule has 4 rings (SSSR count). The molecular formula is C22H23N3O3. The number of ether oxygens (including phenoxy) is 1. The van der Waals surface area contributed by atoms with E-state index < -0.39 is 0 Å². The number of carbonyl (C=O) groups is 1. The van der Waals surface area contributed by atoms with Crippen LogP contribution in [0.5, 0.6) is 5.75 Å². The Bertz CT molecular complexity index is 1160. The molecular weight excluding hydrogens is 354 g/mol. The third-order valence-corrected chi connectivity index (χ3v) is 5.04. The highest BCUT2D eigenvalue weighted by molar-refractivity contribution is 5.99. The molecule has 4 aromatic rings. The van der Waals surface area contributed by atoms with Crippen LogP contribution in [0.3, 0.4) is 0 Å². The van der Waals surface area contributed by atoms with E-state index in [0.717, 1.165) is 46.5 Å². The summed E-state index contributed by atoms with van der Waals surface area (Å²) < 4.78 is 13.2. The monoisotopic (exact) mass is 377 g/mol. The fourth-order valence-electron chi connectivity index (χ4n) is 3.54. The Morgan fingerprint density at radius 3 is 2.86 bits per heavy atom. The highest BCUT2D eigenvalue weighted by Crippen LogP contribution is 2.28. The molecule has 28 heavy (non-hydrogen) atoms. The Labute approximate surface area is 163 Å². The zero-order valence-corrected chi connectivity index (χ0v) is 16.3. The minimum Gasteiger partial charge on any atom is -0.497 e. The van der Waals surface area contributed by atoms with E-state index in [1.54, 1.807) is 7.11 Å². The molecule has 0 bridgehead atoms. The van der Waals surface area contributed by atoms with Crippen molar-refractivity contribution in [3.63, 3.8) is 0 Å². The summed E-state index contributed by atoms with van der Waals surface area (Å²) in [5.41, 5.74) is 3.62. The quantitative estimate of drug-likeness (QED) is 0.511. The van der Waals surface area contributed by atoms with Crippen LogP contribution in [-0.2, 0) is 6.54 Å². The van der Waals surface area contributed by atoms with Crippen molar-refractivity contribution in [2.45, 2.75) is 26.8 Å². The molecule has 2 heterocycles. The van der Waals surface area contributed by atoms with E-state index in [1.165, 1.54) is 0 Å². The number of aromatic nitrogens is 2. The van der Waals surface area contributed by atoms with E-state index in [9.17, 15) is 4.79 Å². The van der Waals surface area contributed by atoms with Gasteiger partial charge in [-0.15, -0.1) is 0 Å². The summed E-state index contributed by atoms with van der Waals surface area (Å²) in [7, 11) is 1.62. The number of methoxy groups -OCH3 is 1. The van der Waals surface area contributed by atoms with Crippen molar-refractivity contribution in [2.24, 2.45) is 0 Å². The van der Waals surface area contributed by atoms with Gasteiger partial charge in [-0.05, 0) is 50.6 Å². The molecule has 144 valence electrons. The summed E-state index contributed by atoms with van der Waals surface area (Å²) >= 11 is 0. The van der Waals surface area contributed by atoms with Crippen LogP contribution in [0.2, 0.25) is 0 Å². The molecule has 2 aromatic carbocycles. The van der Waals surface area contributed by atoms with Crippen LogP contribution in [0.15, 0.2) is 46.9 Å². The summed E-state index contributed by atoms with van der Waals surface area (Å²) in [6.07, 6.45) is 0.806. The third kappa shape index (κ3) is 3.22. The van der Waals surface area contributed by atoms with Crippen molar-refractivity contribution >= 4 is 27.9 Å². The van der Waals surface area contributed by atoms with Gasteiger partial charge in [0.1, 0.15) is 17.2 Å². The SMILES string of the molecule is COc1ccc2oc(C(=O)NCCCn3c(C)nc4ccccc43)c(C)c2c1. The summed E-state index contributed by atoms with van der Waals surface area (Å²) in [6.45, 7) is 5.25. The van der Waals surface area contributed by atoms with Crippen LogP contribution in [-0.4, -0.2) is 29.1 Å². The molecule has 0 aliphatic rings. The largest absolute Gasteiger partial charge is 0.497 e. The average molecular weight is 377 g/mol. The molecule has 0 aliphatic heterocycles. The van der Waals surface area contributed by atoms with Gasteiger partial charge in [-0.25, -0.2) is 4.98 Å².